The summed E-state index contributed by atoms with van der Waals surface area (Å²) in [6.45, 7) is 2.89. The van der Waals surface area contributed by atoms with Gasteiger partial charge in [0.05, 0.1) is 4.47 Å². The molecule has 0 saturated carbocycles. The Morgan fingerprint density at radius 1 is 1.63 bits per heavy atom. The quantitative estimate of drug-likeness (QED) is 0.891. The molecule has 0 aliphatic carbocycles. The molecule has 1 heterocycles. The van der Waals surface area contributed by atoms with Crippen molar-refractivity contribution in [2.45, 2.75) is 24.9 Å². The fourth-order valence-corrected chi connectivity index (χ4v) is 2.75. The highest BCUT2D eigenvalue weighted by molar-refractivity contribution is 9.10. The number of halogens is 2. The Kier molecular flexibility index (Phi) is 3.94. The Labute approximate surface area is 119 Å². The summed E-state index contributed by atoms with van der Waals surface area (Å²) in [6, 6.07) is 4.83. The van der Waals surface area contributed by atoms with Crippen molar-refractivity contribution in [1.29, 1.82) is 0 Å². The third kappa shape index (κ3) is 2.80. The third-order valence-electron chi connectivity index (χ3n) is 3.73. The lowest BCUT2D eigenvalue weighted by atomic mass is 10.0. The molecule has 0 aromatic heterocycles. The molecule has 2 rings (SSSR count). The van der Waals surface area contributed by atoms with Gasteiger partial charge in [0, 0.05) is 19.1 Å². The van der Waals surface area contributed by atoms with Crippen molar-refractivity contribution < 1.29 is 14.3 Å². The van der Waals surface area contributed by atoms with Crippen LogP contribution in [-0.4, -0.2) is 34.6 Å². The lowest BCUT2D eigenvalue weighted by Crippen LogP contribution is -2.50. The Hall–Kier alpha value is -0.980. The number of nitrogens with two attached hydrogens (primary N) is 1. The molecule has 4 nitrogen and oxygen atoms in total. The number of carboxylic acid groups (broad SMARTS) is 1. The first-order valence-electron chi connectivity index (χ1n) is 6.05. The number of nitrogens with zero attached hydrogens (tertiary/aromatic N) is 1. The van der Waals surface area contributed by atoms with Crippen LogP contribution in [0.2, 0.25) is 0 Å². The molecule has 1 fully saturated rings. The van der Waals surface area contributed by atoms with E-state index in [4.69, 9.17) is 10.8 Å². The molecule has 2 unspecified atom stereocenters. The van der Waals surface area contributed by atoms with Gasteiger partial charge < -0.3 is 10.8 Å². The number of carbonyl (C=O) groups is 1. The average Bonchev–Trinajstić information content (AvgIpc) is 2.76. The molecular formula is C13H16BrFN2O2. The maximum Gasteiger partial charge on any atom is 0.325 e. The van der Waals surface area contributed by atoms with Gasteiger partial charge >= 0.3 is 5.97 Å². The zero-order chi connectivity index (χ0) is 14.2. The summed E-state index contributed by atoms with van der Waals surface area (Å²) in [7, 11) is 0. The second-order valence-electron chi connectivity index (χ2n) is 5.03. The molecule has 2 atom stereocenters. The van der Waals surface area contributed by atoms with Gasteiger partial charge in [-0.25, -0.2) is 4.39 Å². The molecule has 1 aliphatic heterocycles. The summed E-state index contributed by atoms with van der Waals surface area (Å²) >= 11 is 3.16. The monoisotopic (exact) mass is 330 g/mol. The van der Waals surface area contributed by atoms with Gasteiger partial charge in [0.25, 0.3) is 0 Å². The third-order valence-corrected chi connectivity index (χ3v) is 4.34. The molecule has 0 bridgehead atoms. The van der Waals surface area contributed by atoms with E-state index in [0.717, 1.165) is 5.56 Å². The van der Waals surface area contributed by atoms with Crippen molar-refractivity contribution in [3.63, 3.8) is 0 Å². The van der Waals surface area contributed by atoms with Crippen LogP contribution < -0.4 is 5.73 Å². The summed E-state index contributed by atoms with van der Waals surface area (Å²) in [5.74, 6) is -1.28. The molecule has 3 N–H and O–H groups in total. The largest absolute Gasteiger partial charge is 0.480 e. The van der Waals surface area contributed by atoms with Crippen molar-refractivity contribution >= 4 is 21.9 Å². The number of benzene rings is 1. The average molecular weight is 331 g/mol. The van der Waals surface area contributed by atoms with Crippen LogP contribution in [0.1, 0.15) is 24.9 Å². The van der Waals surface area contributed by atoms with E-state index in [1.54, 1.807) is 12.1 Å². The first-order chi connectivity index (χ1) is 8.83. The minimum atomic E-state index is -1.18. The van der Waals surface area contributed by atoms with E-state index >= 15 is 0 Å². The molecule has 19 heavy (non-hydrogen) atoms. The van der Waals surface area contributed by atoms with Gasteiger partial charge in [-0.3, -0.25) is 9.69 Å². The normalized spacial score (nSPS) is 25.5. The van der Waals surface area contributed by atoms with Crippen LogP contribution in [0.15, 0.2) is 22.7 Å². The maximum atomic E-state index is 13.2. The fourth-order valence-electron chi connectivity index (χ4n) is 2.35. The Morgan fingerprint density at radius 2 is 2.32 bits per heavy atom. The highest BCUT2D eigenvalue weighted by atomic mass is 79.9. The molecule has 104 valence electrons. The molecule has 1 aliphatic rings. The van der Waals surface area contributed by atoms with Gasteiger partial charge in [-0.2, -0.15) is 0 Å². The van der Waals surface area contributed by atoms with Crippen LogP contribution in [0.3, 0.4) is 0 Å². The van der Waals surface area contributed by atoms with E-state index in [1.165, 1.54) is 6.07 Å². The number of rotatable bonds is 3. The molecule has 0 amide bonds. The summed E-state index contributed by atoms with van der Waals surface area (Å²) in [4.78, 5) is 13.1. The van der Waals surface area contributed by atoms with E-state index < -0.39 is 11.5 Å². The predicted octanol–water partition coefficient (Wildman–Crippen LogP) is 2.14. The molecule has 1 aromatic rings. The first-order valence-corrected chi connectivity index (χ1v) is 6.84. The number of carboxylic acids is 1. The van der Waals surface area contributed by atoms with Crippen molar-refractivity contribution in [3.05, 3.63) is 34.1 Å². The van der Waals surface area contributed by atoms with Gasteiger partial charge in [-0.15, -0.1) is 0 Å². The van der Waals surface area contributed by atoms with Gasteiger partial charge in [0.2, 0.25) is 0 Å². The summed E-state index contributed by atoms with van der Waals surface area (Å²) < 4.78 is 13.6. The van der Waals surface area contributed by atoms with E-state index in [9.17, 15) is 9.18 Å². The number of hydrogen-bond donors (Lipinski definition) is 2. The zero-order valence-corrected chi connectivity index (χ0v) is 12.2. The first kappa shape index (κ1) is 14.4. The van der Waals surface area contributed by atoms with Gasteiger partial charge in [-0.1, -0.05) is 6.07 Å². The predicted molar refractivity (Wildman–Crippen MR) is 73.3 cm³/mol. The topological polar surface area (TPSA) is 66.6 Å². The molecule has 1 saturated heterocycles. The van der Waals surface area contributed by atoms with E-state index in [-0.39, 0.29) is 11.9 Å². The van der Waals surface area contributed by atoms with Gasteiger partial charge in [-0.05, 0) is 47.0 Å². The van der Waals surface area contributed by atoms with Gasteiger partial charge in [0.1, 0.15) is 11.4 Å². The molecule has 1 aromatic carbocycles. The summed E-state index contributed by atoms with van der Waals surface area (Å²) in [6.07, 6.45) is 0.426. The summed E-state index contributed by atoms with van der Waals surface area (Å²) in [5.41, 5.74) is 5.61. The minimum absolute atomic E-state index is 0.00155. The van der Waals surface area contributed by atoms with E-state index in [1.807, 2.05) is 11.8 Å². The number of likely N-dealkylation sites (tertiary alicyclic amines) is 1. The van der Waals surface area contributed by atoms with E-state index in [0.29, 0.717) is 24.0 Å². The van der Waals surface area contributed by atoms with E-state index in [2.05, 4.69) is 15.9 Å². The second-order valence-corrected chi connectivity index (χ2v) is 5.89. The Balaban J connectivity index is 2.15. The highest BCUT2D eigenvalue weighted by Crippen LogP contribution is 2.30. The van der Waals surface area contributed by atoms with Crippen LogP contribution in [-0.2, 0) is 4.79 Å². The van der Waals surface area contributed by atoms with Crippen LogP contribution in [0.4, 0.5) is 4.39 Å². The van der Waals surface area contributed by atoms with Crippen LogP contribution >= 0.6 is 15.9 Å². The standard InChI is InChI=1S/C13H16BrFN2O2/c1-8(9-2-3-11(15)10(14)6-9)17-5-4-13(16,7-17)12(18)19/h2-3,6,8H,4-5,7,16H2,1H3,(H,18,19). The van der Waals surface area contributed by atoms with Crippen molar-refractivity contribution in [3.8, 4) is 0 Å². The van der Waals surface area contributed by atoms with Crippen molar-refractivity contribution in [1.82, 2.24) is 4.90 Å². The SMILES string of the molecule is CC(c1ccc(F)c(Br)c1)N1CCC(N)(C(=O)O)C1. The lowest BCUT2D eigenvalue weighted by molar-refractivity contribution is -0.142. The van der Waals surface area contributed by atoms with Gasteiger partial charge in [0.15, 0.2) is 0 Å². The second kappa shape index (κ2) is 5.19. The van der Waals surface area contributed by atoms with Crippen LogP contribution in [0, 0.1) is 5.82 Å². The summed E-state index contributed by atoms with van der Waals surface area (Å²) in [5, 5.41) is 9.11. The smallest absolute Gasteiger partial charge is 0.325 e. The Morgan fingerprint density at radius 3 is 2.84 bits per heavy atom. The van der Waals surface area contributed by atoms with Crippen molar-refractivity contribution in [2.24, 2.45) is 5.73 Å². The molecule has 6 heteroatoms. The number of hydrogen-bond acceptors (Lipinski definition) is 3. The molecule has 0 spiro atoms. The maximum absolute atomic E-state index is 13.2. The van der Waals surface area contributed by atoms with Crippen LogP contribution in [0.5, 0.6) is 0 Å². The Bertz CT molecular complexity index is 511. The minimum Gasteiger partial charge on any atom is -0.480 e. The zero-order valence-electron chi connectivity index (χ0n) is 10.6. The lowest BCUT2D eigenvalue weighted by Gasteiger charge is -2.26. The molecular weight excluding hydrogens is 315 g/mol. The van der Waals surface area contributed by atoms with Crippen molar-refractivity contribution in [2.75, 3.05) is 13.1 Å². The fraction of sp³-hybridized carbons (Fsp3) is 0.462. The highest BCUT2D eigenvalue weighted by Gasteiger charge is 2.42. The van der Waals surface area contributed by atoms with Crippen LogP contribution in [0.25, 0.3) is 0 Å². The molecule has 0 radical (unpaired) electrons. The number of aliphatic carboxylic acids is 1.